The van der Waals surface area contributed by atoms with Crippen LogP contribution in [0.15, 0.2) is 24.3 Å². The van der Waals surface area contributed by atoms with Gasteiger partial charge in [0, 0.05) is 12.3 Å². The largest absolute Gasteiger partial charge is 0.497 e. The molecule has 0 amide bonds. The maximum atomic E-state index is 13.1. The van der Waals surface area contributed by atoms with Crippen LogP contribution in [-0.4, -0.2) is 48.8 Å². The normalized spacial score (nSPS) is 26.1. The third-order valence-electron chi connectivity index (χ3n) is 5.37. The number of hydrogen-bond donors (Lipinski definition) is 1. The molecule has 1 N–H and O–H groups in total. The average Bonchev–Trinajstić information content (AvgIpc) is 2.69. The Labute approximate surface area is 184 Å². The minimum Gasteiger partial charge on any atom is -0.497 e. The molecule has 0 spiro atoms. The van der Waals surface area contributed by atoms with Crippen molar-refractivity contribution in [1.82, 2.24) is 0 Å². The van der Waals surface area contributed by atoms with Crippen LogP contribution in [0.5, 0.6) is 5.75 Å². The topological polar surface area (TPSA) is 99.1 Å². The van der Waals surface area contributed by atoms with Gasteiger partial charge in [-0.05, 0) is 36.5 Å². The molecule has 1 aliphatic rings. The summed E-state index contributed by atoms with van der Waals surface area (Å²) < 4.78 is 16.1. The summed E-state index contributed by atoms with van der Waals surface area (Å²) in [5, 5.41) is 11.1. The Morgan fingerprint density at radius 3 is 2.23 bits per heavy atom. The fourth-order valence-electron chi connectivity index (χ4n) is 3.94. The van der Waals surface area contributed by atoms with E-state index in [4.69, 9.17) is 14.2 Å². The Morgan fingerprint density at radius 2 is 1.68 bits per heavy atom. The Balaban J connectivity index is 2.55. The molecule has 1 fully saturated rings. The van der Waals surface area contributed by atoms with Crippen molar-refractivity contribution in [3.8, 4) is 5.75 Å². The first-order valence-corrected chi connectivity index (χ1v) is 10.7. The molecule has 0 saturated heterocycles. The standard InChI is InChI=1S/C24H34O7/c1-14(2)12-30-22(26)20-18(25)11-24(5,28)21(23(27)31-13-15(3)4)19(20)16-8-7-9-17(10-16)29-6/h7-10,14-15,19-21,28H,11-13H2,1-6H3/t19-,20-,21+,24+/m1/s1. The van der Waals surface area contributed by atoms with E-state index in [-0.39, 0.29) is 31.5 Å². The molecular formula is C24H34O7. The van der Waals surface area contributed by atoms with Crippen molar-refractivity contribution in [1.29, 1.82) is 0 Å². The van der Waals surface area contributed by atoms with E-state index in [0.29, 0.717) is 11.3 Å². The molecule has 7 heteroatoms. The van der Waals surface area contributed by atoms with Gasteiger partial charge in [-0.25, -0.2) is 0 Å². The fraction of sp³-hybridized carbons (Fsp3) is 0.625. The summed E-state index contributed by atoms with van der Waals surface area (Å²) in [7, 11) is 1.50. The van der Waals surface area contributed by atoms with E-state index in [2.05, 4.69) is 0 Å². The molecule has 1 saturated carbocycles. The zero-order chi connectivity index (χ0) is 23.3. The Hall–Kier alpha value is -2.41. The molecule has 7 nitrogen and oxygen atoms in total. The van der Waals surface area contributed by atoms with Crippen molar-refractivity contribution in [3.63, 3.8) is 0 Å². The molecule has 0 heterocycles. The number of carbonyl (C=O) groups is 3. The maximum absolute atomic E-state index is 13.1. The zero-order valence-corrected chi connectivity index (χ0v) is 19.2. The summed E-state index contributed by atoms with van der Waals surface area (Å²) in [6.45, 7) is 9.37. The summed E-state index contributed by atoms with van der Waals surface area (Å²) >= 11 is 0. The molecule has 4 atom stereocenters. The summed E-state index contributed by atoms with van der Waals surface area (Å²) in [5.74, 6) is -4.36. The highest BCUT2D eigenvalue weighted by atomic mass is 16.5. The van der Waals surface area contributed by atoms with Gasteiger partial charge in [-0.1, -0.05) is 39.8 Å². The van der Waals surface area contributed by atoms with Gasteiger partial charge in [-0.2, -0.15) is 0 Å². The van der Waals surface area contributed by atoms with E-state index >= 15 is 0 Å². The molecule has 2 rings (SSSR count). The van der Waals surface area contributed by atoms with Crippen LogP contribution in [0.1, 0.15) is 52.5 Å². The van der Waals surface area contributed by atoms with Crippen molar-refractivity contribution in [2.45, 2.75) is 52.6 Å². The maximum Gasteiger partial charge on any atom is 0.317 e. The molecule has 0 aliphatic heterocycles. The number of esters is 2. The monoisotopic (exact) mass is 434 g/mol. The third-order valence-corrected chi connectivity index (χ3v) is 5.37. The molecule has 172 valence electrons. The second-order valence-corrected chi connectivity index (χ2v) is 9.31. The van der Waals surface area contributed by atoms with Crippen molar-refractivity contribution in [2.24, 2.45) is 23.7 Å². The summed E-state index contributed by atoms with van der Waals surface area (Å²) in [4.78, 5) is 39.1. The smallest absolute Gasteiger partial charge is 0.317 e. The van der Waals surface area contributed by atoms with Gasteiger partial charge in [0.1, 0.15) is 11.7 Å². The van der Waals surface area contributed by atoms with Crippen LogP contribution in [0, 0.1) is 23.7 Å². The van der Waals surface area contributed by atoms with Crippen molar-refractivity contribution in [3.05, 3.63) is 29.8 Å². The molecule has 0 bridgehead atoms. The van der Waals surface area contributed by atoms with E-state index in [1.165, 1.54) is 14.0 Å². The van der Waals surface area contributed by atoms with Crippen LogP contribution in [0.2, 0.25) is 0 Å². The highest BCUT2D eigenvalue weighted by molar-refractivity contribution is 6.02. The lowest BCUT2D eigenvalue weighted by atomic mass is 9.61. The molecule has 0 radical (unpaired) electrons. The van der Waals surface area contributed by atoms with Crippen LogP contribution in [0.25, 0.3) is 0 Å². The van der Waals surface area contributed by atoms with Gasteiger partial charge >= 0.3 is 11.9 Å². The summed E-state index contributed by atoms with van der Waals surface area (Å²) in [6, 6.07) is 6.83. The minimum atomic E-state index is -1.67. The van der Waals surface area contributed by atoms with Crippen LogP contribution >= 0.6 is 0 Å². The van der Waals surface area contributed by atoms with Gasteiger partial charge in [0.05, 0.1) is 31.8 Å². The molecule has 1 aliphatic carbocycles. The van der Waals surface area contributed by atoms with Crippen LogP contribution in [-0.2, 0) is 23.9 Å². The van der Waals surface area contributed by atoms with Gasteiger partial charge < -0.3 is 19.3 Å². The number of hydrogen-bond acceptors (Lipinski definition) is 7. The number of benzene rings is 1. The number of Topliss-reactive ketones (excluding diaryl/α,β-unsaturated/α-hetero) is 1. The number of methoxy groups -OCH3 is 1. The first-order chi connectivity index (χ1) is 14.5. The molecule has 1 aromatic carbocycles. The molecule has 31 heavy (non-hydrogen) atoms. The minimum absolute atomic E-state index is 0.0906. The zero-order valence-electron chi connectivity index (χ0n) is 19.2. The van der Waals surface area contributed by atoms with Crippen molar-refractivity contribution in [2.75, 3.05) is 20.3 Å². The molecular weight excluding hydrogens is 400 g/mol. The highest BCUT2D eigenvalue weighted by Gasteiger charge is 2.57. The highest BCUT2D eigenvalue weighted by Crippen LogP contribution is 2.47. The van der Waals surface area contributed by atoms with Crippen molar-refractivity contribution < 1.29 is 33.7 Å². The first-order valence-electron chi connectivity index (χ1n) is 10.7. The second-order valence-electron chi connectivity index (χ2n) is 9.31. The molecule has 1 aromatic rings. The SMILES string of the molecule is COc1cccc([C@@H]2[C@H](C(=O)OCC(C)C)C(=O)C[C@](C)(O)[C@@H]2C(=O)OCC(C)C)c1. The number of aliphatic hydroxyl groups is 1. The van der Waals surface area contributed by atoms with Gasteiger partial charge in [-0.3, -0.25) is 14.4 Å². The number of carbonyl (C=O) groups excluding carboxylic acids is 3. The Kier molecular flexibility index (Phi) is 8.23. The lowest BCUT2D eigenvalue weighted by Crippen LogP contribution is -2.55. The predicted octanol–water partition coefficient (Wildman–Crippen LogP) is 3.13. The summed E-state index contributed by atoms with van der Waals surface area (Å²) in [6.07, 6.45) is -0.337. The second kappa shape index (κ2) is 10.3. The van der Waals surface area contributed by atoms with E-state index in [9.17, 15) is 19.5 Å². The summed E-state index contributed by atoms with van der Waals surface area (Å²) in [5.41, 5.74) is -1.14. The van der Waals surface area contributed by atoms with Gasteiger partial charge in [0.15, 0.2) is 5.78 Å². The lowest BCUT2D eigenvalue weighted by molar-refractivity contribution is -0.173. The van der Waals surface area contributed by atoms with E-state index < -0.39 is 41.1 Å². The van der Waals surface area contributed by atoms with Crippen LogP contribution in [0.3, 0.4) is 0 Å². The van der Waals surface area contributed by atoms with E-state index in [1.54, 1.807) is 24.3 Å². The molecule has 0 aromatic heterocycles. The van der Waals surface area contributed by atoms with Crippen LogP contribution < -0.4 is 4.74 Å². The third kappa shape index (κ3) is 6.06. The number of ether oxygens (including phenoxy) is 3. The van der Waals surface area contributed by atoms with Gasteiger partial charge in [0.25, 0.3) is 0 Å². The van der Waals surface area contributed by atoms with E-state index in [1.807, 2.05) is 27.7 Å². The number of ketones is 1. The fourth-order valence-corrected chi connectivity index (χ4v) is 3.94. The quantitative estimate of drug-likeness (QED) is 0.496. The molecule has 0 unspecified atom stereocenters. The van der Waals surface area contributed by atoms with Crippen LogP contribution in [0.4, 0.5) is 0 Å². The van der Waals surface area contributed by atoms with Crippen molar-refractivity contribution >= 4 is 17.7 Å². The average molecular weight is 435 g/mol. The van der Waals surface area contributed by atoms with Gasteiger partial charge in [-0.15, -0.1) is 0 Å². The van der Waals surface area contributed by atoms with Gasteiger partial charge in [0.2, 0.25) is 0 Å². The van der Waals surface area contributed by atoms with E-state index in [0.717, 1.165) is 0 Å². The lowest BCUT2D eigenvalue weighted by Gasteiger charge is -2.43. The predicted molar refractivity (Wildman–Crippen MR) is 115 cm³/mol. The Bertz CT molecular complexity index is 797. The first kappa shape index (κ1) is 24.9. The Morgan fingerprint density at radius 1 is 1.10 bits per heavy atom. The number of rotatable bonds is 8.